The maximum Gasteiger partial charge on any atom is 0.0934 e. The summed E-state index contributed by atoms with van der Waals surface area (Å²) in [6, 6.07) is 0. The molecule has 0 spiro atoms. The number of unbranched alkanes of at least 4 members (excludes halogenated alkanes) is 14. The van der Waals surface area contributed by atoms with Crippen LogP contribution in [-0.4, -0.2) is 64.2 Å². The van der Waals surface area contributed by atoms with Gasteiger partial charge in [0.2, 0.25) is 0 Å². The van der Waals surface area contributed by atoms with Gasteiger partial charge in [-0.25, -0.2) is 0 Å². The van der Waals surface area contributed by atoms with Crippen LogP contribution in [0.4, 0.5) is 0 Å². The standard InChI is InChI=1S/C58H105NO3/c1-9-10-11-12-13-14-15-16-17-18-19-20-21-22-25-28-42-60-47-52(46-59(7)8)62-44-30-27-24-23-26-29-43-61-51-38-40-57(5)50(45-51)34-35-53-55-37-36-54(49(4)33-31-32-48(2)3)58(55,6)41-39-56(53)57/h13-14,16-17,34,48-49,51-56H,9-12,15,18-33,35-47H2,1-8H3/b14-13?,17-16-/t49-,51?,52?,53+,54-,55+,56+,57+,58-/m1/s1. The van der Waals surface area contributed by atoms with Gasteiger partial charge in [0.15, 0.2) is 0 Å². The predicted octanol–water partition coefficient (Wildman–Crippen LogP) is 16.5. The predicted molar refractivity (Wildman–Crippen MR) is 269 cm³/mol. The zero-order valence-electron chi connectivity index (χ0n) is 42.7. The van der Waals surface area contributed by atoms with Crippen LogP contribution in [0, 0.1) is 46.3 Å². The third-order valence-corrected chi connectivity index (χ3v) is 16.9. The molecular formula is C58H105NO3. The van der Waals surface area contributed by atoms with Gasteiger partial charge in [-0.1, -0.05) is 161 Å². The van der Waals surface area contributed by atoms with Crippen LogP contribution < -0.4 is 0 Å². The molecule has 0 N–H and O–H groups in total. The molecule has 0 aromatic rings. The van der Waals surface area contributed by atoms with Gasteiger partial charge in [0.1, 0.15) is 0 Å². The average molecular weight is 864 g/mol. The molecule has 0 radical (unpaired) electrons. The number of likely N-dealkylation sites (N-methyl/N-ethyl adjacent to an activating group) is 1. The fourth-order valence-electron chi connectivity index (χ4n) is 13.2. The first-order valence-electron chi connectivity index (χ1n) is 27.5. The maximum atomic E-state index is 6.61. The number of hydrogen-bond donors (Lipinski definition) is 0. The normalized spacial score (nSPS) is 28.5. The van der Waals surface area contributed by atoms with E-state index in [2.05, 4.69) is 90.9 Å². The summed E-state index contributed by atoms with van der Waals surface area (Å²) in [7, 11) is 4.28. The van der Waals surface area contributed by atoms with E-state index in [1.807, 2.05) is 0 Å². The van der Waals surface area contributed by atoms with Gasteiger partial charge >= 0.3 is 0 Å². The molecule has 0 aliphatic heterocycles. The number of rotatable bonds is 35. The highest BCUT2D eigenvalue weighted by Crippen LogP contribution is 2.67. The summed E-state index contributed by atoms with van der Waals surface area (Å²) < 4.78 is 19.0. The fourth-order valence-corrected chi connectivity index (χ4v) is 13.2. The van der Waals surface area contributed by atoms with E-state index in [1.54, 1.807) is 5.57 Å². The molecule has 4 nitrogen and oxygen atoms in total. The van der Waals surface area contributed by atoms with E-state index in [4.69, 9.17) is 14.2 Å². The lowest BCUT2D eigenvalue weighted by atomic mass is 9.47. The molecule has 4 heteroatoms. The Bertz CT molecular complexity index is 1240. The van der Waals surface area contributed by atoms with Gasteiger partial charge in [0.05, 0.1) is 18.8 Å². The summed E-state index contributed by atoms with van der Waals surface area (Å²) in [4.78, 5) is 2.23. The maximum absolute atomic E-state index is 6.61. The van der Waals surface area contributed by atoms with Crippen molar-refractivity contribution >= 4 is 0 Å². The summed E-state index contributed by atoms with van der Waals surface area (Å²) >= 11 is 0. The van der Waals surface area contributed by atoms with Crippen molar-refractivity contribution in [2.75, 3.05) is 47.1 Å². The molecule has 4 aliphatic rings. The largest absolute Gasteiger partial charge is 0.379 e. The van der Waals surface area contributed by atoms with Crippen LogP contribution in [-0.2, 0) is 14.2 Å². The first-order chi connectivity index (χ1) is 30.1. The average Bonchev–Trinajstić information content (AvgIpc) is 3.60. The van der Waals surface area contributed by atoms with Crippen LogP contribution in [0.25, 0.3) is 0 Å². The number of allylic oxidation sites excluding steroid dienone is 5. The minimum Gasteiger partial charge on any atom is -0.379 e. The summed E-state index contributed by atoms with van der Waals surface area (Å²) in [5.41, 5.74) is 2.79. The summed E-state index contributed by atoms with van der Waals surface area (Å²) in [6.45, 7) is 19.4. The Morgan fingerprint density at radius 3 is 2.05 bits per heavy atom. The second kappa shape index (κ2) is 30.4. The first kappa shape index (κ1) is 53.7. The van der Waals surface area contributed by atoms with E-state index in [0.717, 1.165) is 81.3 Å². The monoisotopic (exact) mass is 864 g/mol. The highest BCUT2D eigenvalue weighted by molar-refractivity contribution is 5.25. The highest BCUT2D eigenvalue weighted by atomic mass is 16.5. The Labute approximate surface area is 387 Å². The van der Waals surface area contributed by atoms with Crippen molar-refractivity contribution in [1.82, 2.24) is 4.90 Å². The lowest BCUT2D eigenvalue weighted by molar-refractivity contribution is -0.0641. The van der Waals surface area contributed by atoms with E-state index in [9.17, 15) is 0 Å². The summed E-state index contributed by atoms with van der Waals surface area (Å²) in [5.74, 6) is 5.49. The second-order valence-corrected chi connectivity index (χ2v) is 22.6. The van der Waals surface area contributed by atoms with Crippen molar-refractivity contribution in [2.24, 2.45) is 46.3 Å². The van der Waals surface area contributed by atoms with Crippen molar-refractivity contribution in [3.8, 4) is 0 Å². The Hall–Kier alpha value is -0.940. The van der Waals surface area contributed by atoms with Gasteiger partial charge in [-0.05, 0) is 163 Å². The van der Waals surface area contributed by atoms with E-state index >= 15 is 0 Å². The number of nitrogens with zero attached hydrogens (tertiary/aromatic N) is 1. The zero-order valence-corrected chi connectivity index (χ0v) is 42.7. The Balaban J connectivity index is 0.980. The van der Waals surface area contributed by atoms with Crippen molar-refractivity contribution in [1.29, 1.82) is 0 Å². The van der Waals surface area contributed by atoms with Crippen LogP contribution in [0.5, 0.6) is 0 Å². The third-order valence-electron chi connectivity index (χ3n) is 16.9. The van der Waals surface area contributed by atoms with E-state index in [1.165, 1.54) is 173 Å². The lowest BCUT2D eigenvalue weighted by Gasteiger charge is -2.58. The zero-order chi connectivity index (χ0) is 44.5. The molecule has 0 aromatic carbocycles. The molecule has 9 atom stereocenters. The Kier molecular flexibility index (Phi) is 26.3. The molecular weight excluding hydrogens is 759 g/mol. The van der Waals surface area contributed by atoms with Crippen LogP contribution in [0.2, 0.25) is 0 Å². The van der Waals surface area contributed by atoms with Crippen LogP contribution in [0.15, 0.2) is 36.0 Å². The van der Waals surface area contributed by atoms with Crippen LogP contribution in [0.3, 0.4) is 0 Å². The molecule has 4 rings (SSSR count). The van der Waals surface area contributed by atoms with Gasteiger partial charge < -0.3 is 19.1 Å². The molecule has 4 aliphatic carbocycles. The fraction of sp³-hybridized carbons (Fsp3) is 0.897. The molecule has 0 saturated heterocycles. The Morgan fingerprint density at radius 1 is 0.694 bits per heavy atom. The van der Waals surface area contributed by atoms with E-state index < -0.39 is 0 Å². The van der Waals surface area contributed by atoms with Crippen molar-refractivity contribution in [2.45, 2.75) is 240 Å². The van der Waals surface area contributed by atoms with Gasteiger partial charge in [0.25, 0.3) is 0 Å². The molecule has 0 amide bonds. The van der Waals surface area contributed by atoms with E-state index in [-0.39, 0.29) is 6.10 Å². The summed E-state index contributed by atoms with van der Waals surface area (Å²) in [5, 5.41) is 0. The van der Waals surface area contributed by atoms with Crippen molar-refractivity contribution in [3.63, 3.8) is 0 Å². The van der Waals surface area contributed by atoms with Crippen LogP contribution in [0.1, 0.15) is 228 Å². The number of fused-ring (bicyclic) bond motifs is 5. The smallest absolute Gasteiger partial charge is 0.0934 e. The number of hydrogen-bond acceptors (Lipinski definition) is 4. The molecule has 2 unspecified atom stereocenters. The minimum atomic E-state index is 0.173. The Morgan fingerprint density at radius 2 is 1.35 bits per heavy atom. The topological polar surface area (TPSA) is 30.9 Å². The lowest BCUT2D eigenvalue weighted by Crippen LogP contribution is -2.51. The third kappa shape index (κ3) is 18.4. The number of ether oxygens (including phenoxy) is 3. The molecule has 3 saturated carbocycles. The molecule has 62 heavy (non-hydrogen) atoms. The summed E-state index contributed by atoms with van der Waals surface area (Å²) in [6.07, 6.45) is 51.1. The molecule has 3 fully saturated rings. The van der Waals surface area contributed by atoms with Gasteiger partial charge in [-0.3, -0.25) is 0 Å². The second-order valence-electron chi connectivity index (χ2n) is 22.6. The first-order valence-corrected chi connectivity index (χ1v) is 27.5. The molecule has 0 heterocycles. The molecule has 0 bridgehead atoms. The molecule has 0 aromatic heterocycles. The minimum absolute atomic E-state index is 0.173. The van der Waals surface area contributed by atoms with Crippen LogP contribution >= 0.6 is 0 Å². The van der Waals surface area contributed by atoms with E-state index in [0.29, 0.717) is 16.9 Å². The quantitative estimate of drug-likeness (QED) is 0.0469. The van der Waals surface area contributed by atoms with Crippen molar-refractivity contribution < 1.29 is 14.2 Å². The SMILES string of the molecule is CCCCCC=CC/C=C\CCCCCCCCOCC(CN(C)C)OCCCCCCCCOC1CC[C@@]2(C)C(=CC[C@H]3[C@@H]4CC[C@H]([C@H](C)CCCC(C)C)[C@@]4(C)CC[C@@H]32)C1. The van der Waals surface area contributed by atoms with Crippen molar-refractivity contribution in [3.05, 3.63) is 36.0 Å². The van der Waals surface area contributed by atoms with Gasteiger partial charge in [-0.2, -0.15) is 0 Å². The van der Waals surface area contributed by atoms with Gasteiger partial charge in [0, 0.05) is 26.4 Å². The highest BCUT2D eigenvalue weighted by Gasteiger charge is 2.59. The molecule has 360 valence electrons. The van der Waals surface area contributed by atoms with Gasteiger partial charge in [-0.15, -0.1) is 0 Å².